The second-order valence-electron chi connectivity index (χ2n) is 7.03. The number of hydrogen-bond acceptors (Lipinski definition) is 5. The third kappa shape index (κ3) is 6.75. The summed E-state index contributed by atoms with van der Waals surface area (Å²) in [6.45, 7) is 0.640. The SMILES string of the molecule is NCc1ccccc1.O=C(CCc1ccccc1)Nc1ccc2sc(C(=O)NO)cc2c1. The zero-order chi connectivity index (χ0) is 22.8. The Balaban J connectivity index is 0.000000305. The number of nitrogens with two attached hydrogens (primary N) is 1. The Hall–Kier alpha value is -3.52. The van der Waals surface area contributed by atoms with Gasteiger partial charge in [0.05, 0.1) is 4.88 Å². The summed E-state index contributed by atoms with van der Waals surface area (Å²) in [7, 11) is 0. The van der Waals surface area contributed by atoms with Gasteiger partial charge in [-0.05, 0) is 47.2 Å². The minimum atomic E-state index is -0.537. The molecule has 3 aromatic carbocycles. The molecule has 7 heteroatoms. The maximum absolute atomic E-state index is 12.1. The van der Waals surface area contributed by atoms with Crippen molar-refractivity contribution >= 4 is 38.9 Å². The van der Waals surface area contributed by atoms with Gasteiger partial charge in [0, 0.05) is 23.4 Å². The number of amides is 2. The molecule has 0 radical (unpaired) electrons. The summed E-state index contributed by atoms with van der Waals surface area (Å²) in [5.41, 5.74) is 9.98. The molecule has 164 valence electrons. The monoisotopic (exact) mass is 447 g/mol. The lowest BCUT2D eigenvalue weighted by molar-refractivity contribution is -0.116. The molecule has 1 aromatic heterocycles. The quantitative estimate of drug-likeness (QED) is 0.253. The molecular formula is C25H25N3O3S. The Bertz CT molecular complexity index is 1160. The molecule has 2 amide bonds. The lowest BCUT2D eigenvalue weighted by Crippen LogP contribution is -2.16. The van der Waals surface area contributed by atoms with E-state index in [9.17, 15) is 9.59 Å². The van der Waals surface area contributed by atoms with E-state index in [2.05, 4.69) is 5.32 Å². The number of hydrogen-bond donors (Lipinski definition) is 4. The number of anilines is 1. The maximum atomic E-state index is 12.1. The molecule has 0 aliphatic rings. The second-order valence-corrected chi connectivity index (χ2v) is 8.11. The van der Waals surface area contributed by atoms with Crippen LogP contribution in [0.1, 0.15) is 27.2 Å². The van der Waals surface area contributed by atoms with E-state index in [0.29, 0.717) is 30.0 Å². The number of fused-ring (bicyclic) bond motifs is 1. The van der Waals surface area contributed by atoms with Crippen LogP contribution in [0.15, 0.2) is 84.9 Å². The van der Waals surface area contributed by atoms with Gasteiger partial charge in [0.1, 0.15) is 0 Å². The highest BCUT2D eigenvalue weighted by molar-refractivity contribution is 7.20. The van der Waals surface area contributed by atoms with Crippen LogP contribution in [0.2, 0.25) is 0 Å². The van der Waals surface area contributed by atoms with Crippen LogP contribution in [0, 0.1) is 0 Å². The summed E-state index contributed by atoms with van der Waals surface area (Å²) in [5.74, 6) is -0.591. The number of rotatable bonds is 6. The van der Waals surface area contributed by atoms with Crippen LogP contribution >= 0.6 is 11.3 Å². The van der Waals surface area contributed by atoms with E-state index < -0.39 is 5.91 Å². The topological polar surface area (TPSA) is 104 Å². The van der Waals surface area contributed by atoms with Gasteiger partial charge >= 0.3 is 0 Å². The van der Waals surface area contributed by atoms with Gasteiger partial charge in [-0.25, -0.2) is 5.48 Å². The number of benzene rings is 3. The van der Waals surface area contributed by atoms with E-state index in [1.54, 1.807) is 17.6 Å². The first-order valence-electron chi connectivity index (χ1n) is 10.1. The fraction of sp³-hybridized carbons (Fsp3) is 0.120. The van der Waals surface area contributed by atoms with Crippen molar-refractivity contribution in [2.75, 3.05) is 5.32 Å². The Labute approximate surface area is 190 Å². The van der Waals surface area contributed by atoms with Gasteiger partial charge in [-0.1, -0.05) is 60.7 Å². The fourth-order valence-electron chi connectivity index (χ4n) is 3.03. The molecular weight excluding hydrogens is 422 g/mol. The van der Waals surface area contributed by atoms with Crippen LogP contribution in [0.3, 0.4) is 0 Å². The molecule has 5 N–H and O–H groups in total. The Morgan fingerprint density at radius 2 is 1.53 bits per heavy atom. The highest BCUT2D eigenvalue weighted by Gasteiger charge is 2.10. The summed E-state index contributed by atoms with van der Waals surface area (Å²) in [6.07, 6.45) is 1.10. The third-order valence-electron chi connectivity index (χ3n) is 4.69. The Morgan fingerprint density at radius 1 is 0.875 bits per heavy atom. The highest BCUT2D eigenvalue weighted by atomic mass is 32.1. The normalized spacial score (nSPS) is 10.2. The van der Waals surface area contributed by atoms with Crippen LogP contribution in [-0.2, 0) is 17.8 Å². The minimum absolute atomic E-state index is 0.0539. The predicted molar refractivity (Wildman–Crippen MR) is 129 cm³/mol. The fourth-order valence-corrected chi connectivity index (χ4v) is 3.96. The predicted octanol–water partition coefficient (Wildman–Crippen LogP) is 4.74. The molecule has 4 rings (SSSR count). The molecule has 0 fully saturated rings. The molecule has 1 heterocycles. The molecule has 0 aliphatic carbocycles. The lowest BCUT2D eigenvalue weighted by Gasteiger charge is -2.05. The van der Waals surface area contributed by atoms with E-state index in [1.807, 2.05) is 72.8 Å². The van der Waals surface area contributed by atoms with Crippen molar-refractivity contribution < 1.29 is 14.8 Å². The Kier molecular flexibility index (Phi) is 8.51. The summed E-state index contributed by atoms with van der Waals surface area (Å²) < 4.78 is 0.913. The van der Waals surface area contributed by atoms with E-state index in [-0.39, 0.29) is 5.91 Å². The van der Waals surface area contributed by atoms with E-state index >= 15 is 0 Å². The van der Waals surface area contributed by atoms with Crippen LogP contribution in [0.5, 0.6) is 0 Å². The zero-order valence-corrected chi connectivity index (χ0v) is 18.3. The molecule has 0 atom stereocenters. The van der Waals surface area contributed by atoms with Crippen molar-refractivity contribution in [2.24, 2.45) is 5.73 Å². The first-order valence-corrected chi connectivity index (χ1v) is 11.0. The maximum Gasteiger partial charge on any atom is 0.284 e. The standard InChI is InChI=1S/C18H16N2O3S.C7H9N/c21-17(9-6-12-4-2-1-3-5-12)19-14-7-8-15-13(10-14)11-16(24-15)18(22)20-23;8-6-7-4-2-1-3-5-7/h1-5,7-8,10-11,23H,6,9H2,(H,19,21)(H,20,22);1-5H,6,8H2. The van der Waals surface area contributed by atoms with Crippen LogP contribution in [0.25, 0.3) is 10.1 Å². The van der Waals surface area contributed by atoms with Gasteiger partial charge in [0.2, 0.25) is 5.91 Å². The van der Waals surface area contributed by atoms with E-state index in [4.69, 9.17) is 10.9 Å². The van der Waals surface area contributed by atoms with Gasteiger partial charge < -0.3 is 11.1 Å². The lowest BCUT2D eigenvalue weighted by atomic mass is 10.1. The first-order chi connectivity index (χ1) is 15.6. The van der Waals surface area contributed by atoms with Gasteiger partial charge in [-0.3, -0.25) is 14.8 Å². The van der Waals surface area contributed by atoms with Gasteiger partial charge in [0.15, 0.2) is 0 Å². The molecule has 0 saturated carbocycles. The van der Waals surface area contributed by atoms with Crippen molar-refractivity contribution in [2.45, 2.75) is 19.4 Å². The van der Waals surface area contributed by atoms with Gasteiger partial charge in [-0.15, -0.1) is 11.3 Å². The van der Waals surface area contributed by atoms with Crippen molar-refractivity contribution in [3.05, 3.63) is 101 Å². The molecule has 0 spiro atoms. The summed E-state index contributed by atoms with van der Waals surface area (Å²) in [6, 6.07) is 27.0. The van der Waals surface area contributed by atoms with Gasteiger partial charge in [-0.2, -0.15) is 0 Å². The number of nitrogens with one attached hydrogen (secondary N) is 2. The minimum Gasteiger partial charge on any atom is -0.326 e. The van der Waals surface area contributed by atoms with Crippen molar-refractivity contribution in [3.63, 3.8) is 0 Å². The zero-order valence-electron chi connectivity index (χ0n) is 17.5. The van der Waals surface area contributed by atoms with Crippen molar-refractivity contribution in [1.82, 2.24) is 5.48 Å². The van der Waals surface area contributed by atoms with Crippen LogP contribution in [0.4, 0.5) is 5.69 Å². The smallest absolute Gasteiger partial charge is 0.284 e. The molecule has 0 bridgehead atoms. The summed E-state index contributed by atoms with van der Waals surface area (Å²) in [5, 5.41) is 12.4. The van der Waals surface area contributed by atoms with E-state index in [1.165, 1.54) is 16.9 Å². The average Bonchev–Trinajstić information content (AvgIpc) is 3.27. The van der Waals surface area contributed by atoms with Crippen LogP contribution < -0.4 is 16.5 Å². The number of aryl methyl sites for hydroxylation is 1. The summed E-state index contributed by atoms with van der Waals surface area (Å²) in [4.78, 5) is 23.9. The number of thiophene rings is 1. The largest absolute Gasteiger partial charge is 0.326 e. The average molecular weight is 448 g/mol. The van der Waals surface area contributed by atoms with E-state index in [0.717, 1.165) is 15.6 Å². The van der Waals surface area contributed by atoms with Crippen LogP contribution in [-0.4, -0.2) is 17.0 Å². The number of carbonyl (C=O) groups excluding carboxylic acids is 2. The second kappa shape index (κ2) is 11.8. The van der Waals surface area contributed by atoms with Crippen molar-refractivity contribution in [1.29, 1.82) is 0 Å². The molecule has 0 unspecified atom stereocenters. The molecule has 0 aliphatic heterocycles. The molecule has 32 heavy (non-hydrogen) atoms. The van der Waals surface area contributed by atoms with Crippen molar-refractivity contribution in [3.8, 4) is 0 Å². The number of carbonyl (C=O) groups is 2. The first kappa shape index (κ1) is 23.1. The molecule has 6 nitrogen and oxygen atoms in total. The highest BCUT2D eigenvalue weighted by Crippen LogP contribution is 2.28. The molecule has 4 aromatic rings. The molecule has 0 saturated heterocycles. The Morgan fingerprint density at radius 3 is 2.12 bits per heavy atom. The summed E-state index contributed by atoms with van der Waals surface area (Å²) >= 11 is 1.28. The number of hydroxylamine groups is 1. The third-order valence-corrected chi connectivity index (χ3v) is 5.80. The van der Waals surface area contributed by atoms with Gasteiger partial charge in [0.25, 0.3) is 5.91 Å².